The van der Waals surface area contributed by atoms with Crippen LogP contribution >= 0.6 is 11.8 Å². The first-order valence-electron chi connectivity index (χ1n) is 5.73. The quantitative estimate of drug-likeness (QED) is 0.716. The minimum atomic E-state index is -1.61. The average Bonchev–Trinajstić information content (AvgIpc) is 2.60. The summed E-state index contributed by atoms with van der Waals surface area (Å²) in [5, 5.41) is 1.34. The summed E-state index contributed by atoms with van der Waals surface area (Å²) < 4.78 is 6.15. The van der Waals surface area contributed by atoms with E-state index in [9.17, 15) is 0 Å². The molecular formula is C12H23NOSSi. The van der Waals surface area contributed by atoms with Crippen LogP contribution in [0.3, 0.4) is 0 Å². The number of thioether (sulfide) groups is 1. The van der Waals surface area contributed by atoms with E-state index in [1.54, 1.807) is 11.8 Å². The summed E-state index contributed by atoms with van der Waals surface area (Å²) in [6.07, 6.45) is 1.83. The number of nitrogens with zero attached hydrogens (tertiary/aromatic N) is 1. The lowest BCUT2D eigenvalue weighted by atomic mass is 10.2. The molecule has 1 heterocycles. The highest BCUT2D eigenvalue weighted by Gasteiger charge is 2.37. The van der Waals surface area contributed by atoms with Gasteiger partial charge in [0.1, 0.15) is 0 Å². The Balaban J connectivity index is 2.47. The molecule has 0 N–H and O–H groups in total. The van der Waals surface area contributed by atoms with Gasteiger partial charge in [-0.15, -0.1) is 11.8 Å². The fourth-order valence-electron chi connectivity index (χ4n) is 1.15. The highest BCUT2D eigenvalue weighted by molar-refractivity contribution is 8.14. The monoisotopic (exact) mass is 257 g/mol. The molecule has 0 amide bonds. The molecular weight excluding hydrogens is 234 g/mol. The van der Waals surface area contributed by atoms with Crippen molar-refractivity contribution in [2.75, 3.05) is 12.4 Å². The third-order valence-corrected chi connectivity index (χ3v) is 8.97. The predicted octanol–water partition coefficient (Wildman–Crippen LogP) is 3.71. The molecule has 0 aliphatic carbocycles. The molecule has 0 spiro atoms. The van der Waals surface area contributed by atoms with Crippen molar-refractivity contribution in [2.24, 2.45) is 4.99 Å². The van der Waals surface area contributed by atoms with Crippen LogP contribution in [0.2, 0.25) is 18.1 Å². The van der Waals surface area contributed by atoms with Gasteiger partial charge < -0.3 is 4.43 Å². The van der Waals surface area contributed by atoms with Gasteiger partial charge in [-0.25, -0.2) is 0 Å². The fourth-order valence-corrected chi connectivity index (χ4v) is 3.07. The second-order valence-electron chi connectivity index (χ2n) is 5.71. The van der Waals surface area contributed by atoms with Gasteiger partial charge in [0.25, 0.3) is 0 Å². The topological polar surface area (TPSA) is 21.6 Å². The van der Waals surface area contributed by atoms with E-state index in [2.05, 4.69) is 45.4 Å². The Kier molecular flexibility index (Phi) is 4.43. The molecule has 16 heavy (non-hydrogen) atoms. The first-order valence-corrected chi connectivity index (χ1v) is 9.62. The van der Waals surface area contributed by atoms with Crippen molar-refractivity contribution in [2.45, 2.75) is 44.9 Å². The molecule has 4 heteroatoms. The molecule has 92 valence electrons. The lowest BCUT2D eigenvalue weighted by Gasteiger charge is -2.36. The SMILES string of the molecule is C=CC1=NC(CO[Si](C)(C)C(C)(C)C)CS1. The van der Waals surface area contributed by atoms with Crippen molar-refractivity contribution in [3.63, 3.8) is 0 Å². The molecule has 1 rings (SSSR count). The highest BCUT2D eigenvalue weighted by Crippen LogP contribution is 2.36. The second kappa shape index (κ2) is 5.06. The molecule has 0 saturated carbocycles. The maximum absolute atomic E-state index is 6.15. The van der Waals surface area contributed by atoms with Crippen molar-refractivity contribution >= 4 is 25.1 Å². The van der Waals surface area contributed by atoms with Crippen LogP contribution in [-0.4, -0.2) is 31.8 Å². The summed E-state index contributed by atoms with van der Waals surface area (Å²) in [5.74, 6) is 1.04. The van der Waals surface area contributed by atoms with Crippen molar-refractivity contribution in [1.29, 1.82) is 0 Å². The molecule has 1 atom stereocenters. The summed E-state index contributed by atoms with van der Waals surface area (Å²) in [6.45, 7) is 15.9. The lowest BCUT2D eigenvalue weighted by Crippen LogP contribution is -2.42. The molecule has 0 bridgehead atoms. The van der Waals surface area contributed by atoms with E-state index in [-0.39, 0.29) is 5.04 Å². The van der Waals surface area contributed by atoms with E-state index in [1.807, 2.05) is 6.08 Å². The Morgan fingerprint density at radius 3 is 2.62 bits per heavy atom. The number of hydrogen-bond donors (Lipinski definition) is 0. The second-order valence-corrected chi connectivity index (χ2v) is 11.6. The average molecular weight is 257 g/mol. The van der Waals surface area contributed by atoms with Crippen molar-refractivity contribution < 1.29 is 4.43 Å². The van der Waals surface area contributed by atoms with Crippen LogP contribution in [0.5, 0.6) is 0 Å². The van der Waals surface area contributed by atoms with E-state index in [1.165, 1.54) is 0 Å². The molecule has 1 unspecified atom stereocenters. The third kappa shape index (κ3) is 3.47. The largest absolute Gasteiger partial charge is 0.415 e. The van der Waals surface area contributed by atoms with Gasteiger partial charge in [-0.05, 0) is 24.2 Å². The van der Waals surface area contributed by atoms with Gasteiger partial charge in [-0.1, -0.05) is 27.4 Å². The molecule has 0 fully saturated rings. The van der Waals surface area contributed by atoms with E-state index in [0.29, 0.717) is 6.04 Å². The molecule has 0 aromatic rings. The number of aliphatic imine (C=N–C) groups is 1. The van der Waals surface area contributed by atoms with Crippen LogP contribution in [0, 0.1) is 0 Å². The third-order valence-electron chi connectivity index (χ3n) is 3.35. The van der Waals surface area contributed by atoms with Gasteiger partial charge in [0.15, 0.2) is 8.32 Å². The Morgan fingerprint density at radius 2 is 2.19 bits per heavy atom. The summed E-state index contributed by atoms with van der Waals surface area (Å²) in [7, 11) is -1.61. The number of hydrogen-bond acceptors (Lipinski definition) is 3. The number of rotatable bonds is 4. The normalized spacial score (nSPS) is 22.1. The summed E-state index contributed by atoms with van der Waals surface area (Å²) in [4.78, 5) is 4.55. The minimum absolute atomic E-state index is 0.281. The zero-order valence-corrected chi connectivity index (χ0v) is 12.9. The fraction of sp³-hybridized carbons (Fsp3) is 0.750. The Bertz CT molecular complexity index is 294. The van der Waals surface area contributed by atoms with Gasteiger partial charge in [0.05, 0.1) is 17.7 Å². The first-order chi connectivity index (χ1) is 7.26. The van der Waals surface area contributed by atoms with Gasteiger partial charge in [0, 0.05) is 5.75 Å². The van der Waals surface area contributed by atoms with Crippen molar-refractivity contribution in [3.8, 4) is 0 Å². The zero-order chi connectivity index (χ0) is 12.4. The van der Waals surface area contributed by atoms with Crippen LogP contribution < -0.4 is 0 Å². The molecule has 2 nitrogen and oxygen atoms in total. The van der Waals surface area contributed by atoms with Crippen LogP contribution in [0.25, 0.3) is 0 Å². The minimum Gasteiger partial charge on any atom is -0.415 e. The predicted molar refractivity (Wildman–Crippen MR) is 77.0 cm³/mol. The maximum atomic E-state index is 6.15. The van der Waals surface area contributed by atoms with Crippen molar-refractivity contribution in [3.05, 3.63) is 12.7 Å². The zero-order valence-electron chi connectivity index (χ0n) is 11.0. The molecule has 0 radical (unpaired) electrons. The Labute approximate surface area is 105 Å². The lowest BCUT2D eigenvalue weighted by molar-refractivity contribution is 0.273. The molecule has 0 aromatic heterocycles. The van der Waals surface area contributed by atoms with E-state index in [4.69, 9.17) is 4.43 Å². The standard InChI is InChI=1S/C12H23NOSSi/c1-7-11-13-10(9-15-11)8-14-16(5,6)12(2,3)4/h7,10H,1,8-9H2,2-6H3. The van der Waals surface area contributed by atoms with Crippen LogP contribution in [0.1, 0.15) is 20.8 Å². The van der Waals surface area contributed by atoms with Crippen LogP contribution in [0.4, 0.5) is 0 Å². The highest BCUT2D eigenvalue weighted by atomic mass is 32.2. The van der Waals surface area contributed by atoms with Crippen LogP contribution in [0.15, 0.2) is 17.6 Å². The van der Waals surface area contributed by atoms with E-state index in [0.717, 1.165) is 17.4 Å². The summed E-state index contributed by atoms with van der Waals surface area (Å²) >= 11 is 1.78. The van der Waals surface area contributed by atoms with E-state index < -0.39 is 8.32 Å². The Morgan fingerprint density at radius 1 is 1.56 bits per heavy atom. The van der Waals surface area contributed by atoms with Gasteiger partial charge >= 0.3 is 0 Å². The maximum Gasteiger partial charge on any atom is 0.192 e. The Hall–Kier alpha value is -0.0631. The first kappa shape index (κ1) is 14.0. The smallest absolute Gasteiger partial charge is 0.192 e. The van der Waals surface area contributed by atoms with Crippen molar-refractivity contribution in [1.82, 2.24) is 0 Å². The molecule has 0 aromatic carbocycles. The van der Waals surface area contributed by atoms with E-state index >= 15 is 0 Å². The summed E-state index contributed by atoms with van der Waals surface area (Å²) in [5.41, 5.74) is 0. The van der Waals surface area contributed by atoms with Gasteiger partial charge in [-0.3, -0.25) is 4.99 Å². The summed E-state index contributed by atoms with van der Waals surface area (Å²) in [6, 6.07) is 0.326. The van der Waals surface area contributed by atoms with Crippen LogP contribution in [-0.2, 0) is 4.43 Å². The van der Waals surface area contributed by atoms with Gasteiger partial charge in [0.2, 0.25) is 0 Å². The molecule has 1 aliphatic rings. The molecule has 1 aliphatic heterocycles. The molecule has 0 saturated heterocycles. The van der Waals surface area contributed by atoms with Gasteiger partial charge in [-0.2, -0.15) is 0 Å².